The predicted octanol–water partition coefficient (Wildman–Crippen LogP) is 3.71. The van der Waals surface area contributed by atoms with Gasteiger partial charge in [0.25, 0.3) is 0 Å². The van der Waals surface area contributed by atoms with E-state index in [0.29, 0.717) is 12.8 Å². The number of aryl methyl sites for hydroxylation is 1. The second-order valence-corrected chi connectivity index (χ2v) is 5.92. The van der Waals surface area contributed by atoms with E-state index in [4.69, 9.17) is 9.47 Å². The van der Waals surface area contributed by atoms with Gasteiger partial charge < -0.3 is 14.4 Å². The third kappa shape index (κ3) is 3.50. The van der Waals surface area contributed by atoms with Gasteiger partial charge in [-0.05, 0) is 48.7 Å². The van der Waals surface area contributed by atoms with Crippen LogP contribution in [0.1, 0.15) is 30.5 Å². The van der Waals surface area contributed by atoms with Crippen LogP contribution in [0.3, 0.4) is 0 Å². The van der Waals surface area contributed by atoms with E-state index < -0.39 is 0 Å². The first-order valence-electron chi connectivity index (χ1n) is 7.94. The second kappa shape index (κ2) is 6.91. The van der Waals surface area contributed by atoms with Gasteiger partial charge in [-0.15, -0.1) is 0 Å². The number of carbonyl (C=O) groups excluding carboxylic acids is 1. The van der Waals surface area contributed by atoms with E-state index in [1.165, 1.54) is 12.1 Å². The van der Waals surface area contributed by atoms with Crippen LogP contribution in [-0.2, 0) is 11.2 Å². The van der Waals surface area contributed by atoms with Crippen LogP contribution in [0.4, 0.5) is 4.39 Å². The van der Waals surface area contributed by atoms with Crippen LogP contribution in [0.2, 0.25) is 0 Å². The van der Waals surface area contributed by atoms with Gasteiger partial charge in [-0.1, -0.05) is 18.2 Å². The zero-order valence-electron chi connectivity index (χ0n) is 13.8. The highest BCUT2D eigenvalue weighted by Gasteiger charge is 2.18. The van der Waals surface area contributed by atoms with Gasteiger partial charge in [-0.2, -0.15) is 0 Å². The molecule has 0 aliphatic carbocycles. The SMILES string of the molecule is CC(c1ccc(F)cc1)N(C)C(=O)CCc1ccc2c(c1)OCO2. The first kappa shape index (κ1) is 16.3. The lowest BCUT2D eigenvalue weighted by Gasteiger charge is -2.25. The quantitative estimate of drug-likeness (QED) is 0.839. The lowest BCUT2D eigenvalue weighted by atomic mass is 10.1. The number of carbonyl (C=O) groups is 1. The Morgan fingerprint density at radius 3 is 2.62 bits per heavy atom. The first-order valence-corrected chi connectivity index (χ1v) is 7.94. The van der Waals surface area contributed by atoms with E-state index in [1.807, 2.05) is 25.1 Å². The van der Waals surface area contributed by atoms with Gasteiger partial charge in [-0.25, -0.2) is 4.39 Å². The number of hydrogen-bond donors (Lipinski definition) is 0. The zero-order valence-corrected chi connectivity index (χ0v) is 13.8. The Morgan fingerprint density at radius 1 is 1.17 bits per heavy atom. The minimum absolute atomic E-state index is 0.0458. The van der Waals surface area contributed by atoms with Crippen molar-refractivity contribution in [1.29, 1.82) is 0 Å². The zero-order chi connectivity index (χ0) is 17.1. The molecule has 24 heavy (non-hydrogen) atoms. The molecule has 0 N–H and O–H groups in total. The Bertz CT molecular complexity index is 730. The summed E-state index contributed by atoms with van der Waals surface area (Å²) < 4.78 is 23.6. The summed E-state index contributed by atoms with van der Waals surface area (Å²) in [6.07, 6.45) is 1.04. The predicted molar refractivity (Wildman–Crippen MR) is 88.5 cm³/mol. The van der Waals surface area contributed by atoms with Gasteiger partial charge in [0.05, 0.1) is 6.04 Å². The number of ether oxygens (including phenoxy) is 2. The molecule has 0 saturated heterocycles. The number of amides is 1. The average Bonchev–Trinajstić information content (AvgIpc) is 3.06. The molecule has 5 heteroatoms. The third-order valence-corrected chi connectivity index (χ3v) is 4.39. The van der Waals surface area contributed by atoms with Crippen LogP contribution >= 0.6 is 0 Å². The molecule has 1 aliphatic rings. The maximum atomic E-state index is 13.0. The van der Waals surface area contributed by atoms with Crippen LogP contribution in [0, 0.1) is 5.82 Å². The molecule has 1 unspecified atom stereocenters. The van der Waals surface area contributed by atoms with Crippen molar-refractivity contribution in [3.8, 4) is 11.5 Å². The molecular formula is C19H20FNO3. The standard InChI is InChI=1S/C19H20FNO3/c1-13(15-5-7-16(20)8-6-15)21(2)19(22)10-4-14-3-9-17-18(11-14)24-12-23-17/h3,5-9,11,13H,4,10,12H2,1-2H3. The molecule has 1 atom stereocenters. The molecule has 2 aromatic carbocycles. The van der Waals surface area contributed by atoms with Crippen molar-refractivity contribution >= 4 is 5.91 Å². The van der Waals surface area contributed by atoms with E-state index in [1.54, 1.807) is 24.1 Å². The van der Waals surface area contributed by atoms with Crippen molar-refractivity contribution in [2.45, 2.75) is 25.8 Å². The van der Waals surface area contributed by atoms with Crippen LogP contribution in [0.15, 0.2) is 42.5 Å². The lowest BCUT2D eigenvalue weighted by molar-refractivity contribution is -0.131. The number of nitrogens with zero attached hydrogens (tertiary/aromatic N) is 1. The summed E-state index contributed by atoms with van der Waals surface area (Å²) in [5, 5.41) is 0. The highest BCUT2D eigenvalue weighted by Crippen LogP contribution is 2.32. The van der Waals surface area contributed by atoms with E-state index in [0.717, 1.165) is 22.6 Å². The fraction of sp³-hybridized carbons (Fsp3) is 0.316. The molecule has 126 valence electrons. The second-order valence-electron chi connectivity index (χ2n) is 5.92. The molecule has 0 bridgehead atoms. The van der Waals surface area contributed by atoms with Crippen molar-refractivity contribution in [1.82, 2.24) is 4.90 Å². The molecule has 1 aliphatic heterocycles. The van der Waals surface area contributed by atoms with Crippen molar-refractivity contribution in [3.63, 3.8) is 0 Å². The van der Waals surface area contributed by atoms with Gasteiger partial charge in [0.1, 0.15) is 5.82 Å². The minimum atomic E-state index is -0.275. The Hall–Kier alpha value is -2.56. The molecular weight excluding hydrogens is 309 g/mol. The smallest absolute Gasteiger partial charge is 0.231 e. The molecule has 0 aromatic heterocycles. The van der Waals surface area contributed by atoms with E-state index in [9.17, 15) is 9.18 Å². The van der Waals surface area contributed by atoms with Crippen molar-refractivity contribution in [2.24, 2.45) is 0 Å². The summed E-state index contributed by atoms with van der Waals surface area (Å²) in [5.41, 5.74) is 1.95. The summed E-state index contributed by atoms with van der Waals surface area (Å²) in [6.45, 7) is 2.18. The van der Waals surface area contributed by atoms with Gasteiger partial charge in [0.2, 0.25) is 12.7 Å². The molecule has 0 spiro atoms. The van der Waals surface area contributed by atoms with Crippen LogP contribution < -0.4 is 9.47 Å². The Labute approximate surface area is 140 Å². The van der Waals surface area contributed by atoms with Crippen molar-refractivity contribution in [2.75, 3.05) is 13.8 Å². The molecule has 4 nitrogen and oxygen atoms in total. The summed E-state index contributed by atoms with van der Waals surface area (Å²) in [7, 11) is 1.77. The van der Waals surface area contributed by atoms with Gasteiger partial charge in [0.15, 0.2) is 11.5 Å². The molecule has 3 rings (SSSR count). The summed E-state index contributed by atoms with van der Waals surface area (Å²) in [6, 6.07) is 11.9. The Morgan fingerprint density at radius 2 is 1.88 bits per heavy atom. The first-order chi connectivity index (χ1) is 11.5. The molecule has 0 fully saturated rings. The van der Waals surface area contributed by atoms with Crippen LogP contribution in [0.25, 0.3) is 0 Å². The van der Waals surface area contributed by atoms with Crippen molar-refractivity contribution in [3.05, 3.63) is 59.4 Å². The highest BCUT2D eigenvalue weighted by molar-refractivity contribution is 5.76. The number of halogens is 1. The fourth-order valence-electron chi connectivity index (χ4n) is 2.70. The Balaban J connectivity index is 1.58. The average molecular weight is 329 g/mol. The molecule has 1 heterocycles. The fourth-order valence-corrected chi connectivity index (χ4v) is 2.70. The van der Waals surface area contributed by atoms with E-state index >= 15 is 0 Å². The summed E-state index contributed by atoms with van der Waals surface area (Å²) in [5.74, 6) is 1.24. The monoisotopic (exact) mass is 329 g/mol. The minimum Gasteiger partial charge on any atom is -0.454 e. The van der Waals surface area contributed by atoms with Gasteiger partial charge in [0, 0.05) is 13.5 Å². The largest absolute Gasteiger partial charge is 0.454 e. The Kier molecular flexibility index (Phi) is 4.69. The van der Waals surface area contributed by atoms with E-state index in [-0.39, 0.29) is 24.6 Å². The van der Waals surface area contributed by atoms with Crippen LogP contribution in [0.5, 0.6) is 11.5 Å². The molecule has 0 radical (unpaired) electrons. The normalized spacial score (nSPS) is 13.6. The maximum absolute atomic E-state index is 13.0. The maximum Gasteiger partial charge on any atom is 0.231 e. The third-order valence-electron chi connectivity index (χ3n) is 4.39. The number of hydrogen-bond acceptors (Lipinski definition) is 3. The number of fused-ring (bicyclic) bond motifs is 1. The molecule has 1 amide bonds. The molecule has 2 aromatic rings. The van der Waals surface area contributed by atoms with Gasteiger partial charge in [-0.3, -0.25) is 4.79 Å². The van der Waals surface area contributed by atoms with E-state index in [2.05, 4.69) is 0 Å². The number of rotatable bonds is 5. The summed E-state index contributed by atoms with van der Waals surface area (Å²) >= 11 is 0. The van der Waals surface area contributed by atoms with Crippen LogP contribution in [-0.4, -0.2) is 24.6 Å². The lowest BCUT2D eigenvalue weighted by Crippen LogP contribution is -2.29. The highest BCUT2D eigenvalue weighted by atomic mass is 19.1. The topological polar surface area (TPSA) is 38.8 Å². The van der Waals surface area contributed by atoms with Crippen molar-refractivity contribution < 1.29 is 18.7 Å². The van der Waals surface area contributed by atoms with Gasteiger partial charge >= 0.3 is 0 Å². The number of benzene rings is 2. The summed E-state index contributed by atoms with van der Waals surface area (Å²) in [4.78, 5) is 14.1. The molecule has 0 saturated carbocycles.